The number of nitrogens with zero attached hydrogens (tertiary/aromatic N) is 1. The number of thioether (sulfide) groups is 1. The average Bonchev–Trinajstić information content (AvgIpc) is 3.05. The van der Waals surface area contributed by atoms with Crippen LogP contribution in [0.25, 0.3) is 0 Å². The van der Waals surface area contributed by atoms with Crippen LogP contribution < -0.4 is 0 Å². The van der Waals surface area contributed by atoms with Crippen LogP contribution >= 0.6 is 11.8 Å². The zero-order chi connectivity index (χ0) is 13.8. The van der Waals surface area contributed by atoms with Crippen LogP contribution in [0, 0.1) is 0 Å². The Bertz CT molecular complexity index is 432. The van der Waals surface area contributed by atoms with Crippen molar-refractivity contribution in [3.63, 3.8) is 0 Å². The summed E-state index contributed by atoms with van der Waals surface area (Å²) < 4.78 is 10.2. The SMILES string of the molecule is COC(=O)c1ccc(CN(C)[C@@H]2CCC[C@@H]2SC)o1. The molecule has 1 aliphatic rings. The molecule has 0 amide bonds. The second kappa shape index (κ2) is 6.48. The standard InChI is InChI=1S/C14H21NO3S/c1-15(11-5-4-6-13(11)19-3)9-10-7-8-12(18-10)14(16)17-2/h7-8,11,13H,4-6,9H2,1-3H3/t11-,13+/m1/s1. The highest BCUT2D eigenvalue weighted by molar-refractivity contribution is 7.99. The Kier molecular flexibility index (Phi) is 4.93. The van der Waals surface area contributed by atoms with Crippen LogP contribution in [-0.2, 0) is 11.3 Å². The summed E-state index contributed by atoms with van der Waals surface area (Å²) >= 11 is 1.95. The molecule has 106 valence electrons. The predicted molar refractivity (Wildman–Crippen MR) is 76.5 cm³/mol. The molecule has 0 saturated heterocycles. The lowest BCUT2D eigenvalue weighted by molar-refractivity contribution is 0.0561. The average molecular weight is 283 g/mol. The van der Waals surface area contributed by atoms with Gasteiger partial charge < -0.3 is 9.15 Å². The van der Waals surface area contributed by atoms with Crippen molar-refractivity contribution in [3.8, 4) is 0 Å². The van der Waals surface area contributed by atoms with Gasteiger partial charge in [0.05, 0.1) is 13.7 Å². The molecule has 0 unspecified atom stereocenters. The Morgan fingerprint density at radius 1 is 1.53 bits per heavy atom. The highest BCUT2D eigenvalue weighted by Gasteiger charge is 2.30. The van der Waals surface area contributed by atoms with E-state index in [2.05, 4.69) is 22.9 Å². The van der Waals surface area contributed by atoms with Crippen molar-refractivity contribution < 1.29 is 13.9 Å². The van der Waals surface area contributed by atoms with Crippen LogP contribution in [-0.4, -0.2) is 42.6 Å². The number of hydrogen-bond donors (Lipinski definition) is 0. The van der Waals surface area contributed by atoms with E-state index in [4.69, 9.17) is 4.42 Å². The highest BCUT2D eigenvalue weighted by atomic mass is 32.2. The molecule has 0 radical (unpaired) electrons. The number of carbonyl (C=O) groups is 1. The van der Waals surface area contributed by atoms with Crippen molar-refractivity contribution in [1.29, 1.82) is 0 Å². The van der Waals surface area contributed by atoms with E-state index in [0.29, 0.717) is 11.3 Å². The van der Waals surface area contributed by atoms with Gasteiger partial charge in [-0.2, -0.15) is 11.8 Å². The van der Waals surface area contributed by atoms with Crippen molar-refractivity contribution >= 4 is 17.7 Å². The van der Waals surface area contributed by atoms with Gasteiger partial charge in [0.2, 0.25) is 5.76 Å². The van der Waals surface area contributed by atoms with Crippen LogP contribution in [0.3, 0.4) is 0 Å². The zero-order valence-corrected chi connectivity index (χ0v) is 12.5. The largest absolute Gasteiger partial charge is 0.463 e. The molecule has 0 N–H and O–H groups in total. The zero-order valence-electron chi connectivity index (χ0n) is 11.7. The van der Waals surface area contributed by atoms with Gasteiger partial charge in [0.15, 0.2) is 0 Å². The molecule has 1 aliphatic carbocycles. The number of furan rings is 1. The third-order valence-corrected chi connectivity index (χ3v) is 4.90. The maximum absolute atomic E-state index is 11.3. The van der Waals surface area contributed by atoms with Gasteiger partial charge in [0.1, 0.15) is 5.76 Å². The lowest BCUT2D eigenvalue weighted by Crippen LogP contribution is -2.35. The van der Waals surface area contributed by atoms with Crippen molar-refractivity contribution in [2.75, 3.05) is 20.4 Å². The fourth-order valence-electron chi connectivity index (χ4n) is 2.72. The third kappa shape index (κ3) is 3.34. The number of ether oxygens (including phenoxy) is 1. The van der Waals surface area contributed by atoms with E-state index in [1.807, 2.05) is 17.8 Å². The summed E-state index contributed by atoms with van der Waals surface area (Å²) in [4.78, 5) is 13.7. The molecule has 1 aromatic rings. The van der Waals surface area contributed by atoms with Gasteiger partial charge in [-0.25, -0.2) is 4.79 Å². The molecule has 0 bridgehead atoms. The molecule has 1 heterocycles. The summed E-state index contributed by atoms with van der Waals surface area (Å²) in [6.07, 6.45) is 6.01. The molecule has 2 atom stereocenters. The second-order valence-corrected chi connectivity index (χ2v) is 6.02. The van der Waals surface area contributed by atoms with Gasteiger partial charge >= 0.3 is 5.97 Å². The molecule has 1 aromatic heterocycles. The molecule has 0 aromatic carbocycles. The first-order valence-electron chi connectivity index (χ1n) is 6.55. The summed E-state index contributed by atoms with van der Waals surface area (Å²) in [5.74, 6) is 0.671. The van der Waals surface area contributed by atoms with Crippen LogP contribution in [0.5, 0.6) is 0 Å². The Labute approximate surface area is 118 Å². The van der Waals surface area contributed by atoms with Crippen LogP contribution in [0.15, 0.2) is 16.5 Å². The van der Waals surface area contributed by atoms with E-state index in [9.17, 15) is 4.79 Å². The first-order chi connectivity index (χ1) is 9.15. The van der Waals surface area contributed by atoms with Crippen LogP contribution in [0.1, 0.15) is 35.6 Å². The molecule has 0 spiro atoms. The molecular formula is C14H21NO3S. The fraction of sp³-hybridized carbons (Fsp3) is 0.643. The van der Waals surface area contributed by atoms with E-state index in [0.717, 1.165) is 12.3 Å². The summed E-state index contributed by atoms with van der Waals surface area (Å²) in [5.41, 5.74) is 0. The fourth-order valence-corrected chi connectivity index (χ4v) is 3.78. The van der Waals surface area contributed by atoms with E-state index >= 15 is 0 Å². The summed E-state index contributed by atoms with van der Waals surface area (Å²) in [7, 11) is 3.48. The van der Waals surface area contributed by atoms with Gasteiger partial charge in [-0.15, -0.1) is 0 Å². The maximum Gasteiger partial charge on any atom is 0.373 e. The Balaban J connectivity index is 1.96. The van der Waals surface area contributed by atoms with Gasteiger partial charge in [0.25, 0.3) is 0 Å². The van der Waals surface area contributed by atoms with Gasteiger partial charge in [-0.05, 0) is 38.3 Å². The molecule has 0 aliphatic heterocycles. The number of methoxy groups -OCH3 is 1. The summed E-state index contributed by atoms with van der Waals surface area (Å²) in [5, 5.41) is 0.708. The summed E-state index contributed by atoms with van der Waals surface area (Å²) in [6.45, 7) is 0.735. The maximum atomic E-state index is 11.3. The van der Waals surface area contributed by atoms with Crippen molar-refractivity contribution in [3.05, 3.63) is 23.7 Å². The summed E-state index contributed by atoms with van der Waals surface area (Å²) in [6, 6.07) is 4.13. The van der Waals surface area contributed by atoms with Crippen molar-refractivity contribution in [2.24, 2.45) is 0 Å². The Hall–Kier alpha value is -0.940. The smallest absolute Gasteiger partial charge is 0.373 e. The Morgan fingerprint density at radius 3 is 3.00 bits per heavy atom. The molecule has 19 heavy (non-hydrogen) atoms. The number of hydrogen-bond acceptors (Lipinski definition) is 5. The monoisotopic (exact) mass is 283 g/mol. The van der Waals surface area contributed by atoms with Crippen molar-refractivity contribution in [1.82, 2.24) is 4.90 Å². The molecule has 4 nitrogen and oxygen atoms in total. The highest BCUT2D eigenvalue weighted by Crippen LogP contribution is 2.32. The van der Waals surface area contributed by atoms with E-state index < -0.39 is 5.97 Å². The Morgan fingerprint density at radius 2 is 2.32 bits per heavy atom. The van der Waals surface area contributed by atoms with Crippen LogP contribution in [0.2, 0.25) is 0 Å². The van der Waals surface area contributed by atoms with Gasteiger partial charge in [-0.1, -0.05) is 6.42 Å². The topological polar surface area (TPSA) is 42.7 Å². The minimum Gasteiger partial charge on any atom is -0.463 e. The quantitative estimate of drug-likeness (QED) is 0.777. The molecule has 5 heteroatoms. The van der Waals surface area contributed by atoms with Crippen LogP contribution in [0.4, 0.5) is 0 Å². The van der Waals surface area contributed by atoms with E-state index in [-0.39, 0.29) is 5.76 Å². The van der Waals surface area contributed by atoms with Gasteiger partial charge in [-0.3, -0.25) is 4.90 Å². The number of esters is 1. The molecule has 1 saturated carbocycles. The lowest BCUT2D eigenvalue weighted by atomic mass is 10.2. The molecule has 1 fully saturated rings. The first-order valence-corrected chi connectivity index (χ1v) is 7.84. The second-order valence-electron chi connectivity index (χ2n) is 4.95. The van der Waals surface area contributed by atoms with E-state index in [1.54, 1.807) is 6.07 Å². The van der Waals surface area contributed by atoms with Crippen molar-refractivity contribution in [2.45, 2.75) is 37.1 Å². The van der Waals surface area contributed by atoms with Gasteiger partial charge in [0, 0.05) is 11.3 Å². The first kappa shape index (κ1) is 14.5. The van der Waals surface area contributed by atoms with E-state index in [1.165, 1.54) is 26.4 Å². The normalized spacial score (nSPS) is 22.9. The predicted octanol–water partition coefficient (Wildman–Crippen LogP) is 2.78. The number of rotatable bonds is 5. The lowest BCUT2D eigenvalue weighted by Gasteiger charge is -2.27. The molecular weight excluding hydrogens is 262 g/mol. The molecule has 2 rings (SSSR count). The minimum absolute atomic E-state index is 0.277. The minimum atomic E-state index is -0.420. The third-order valence-electron chi connectivity index (χ3n) is 3.74. The number of carbonyl (C=O) groups excluding carboxylic acids is 1.